The van der Waals surface area contributed by atoms with Crippen LogP contribution in [0.1, 0.15) is 23.6 Å². The lowest BCUT2D eigenvalue weighted by Gasteiger charge is -2.12. The zero-order valence-corrected chi connectivity index (χ0v) is 11.9. The molecular weight excluding hydrogens is 234 g/mol. The van der Waals surface area contributed by atoms with Crippen LogP contribution in [-0.4, -0.2) is 6.54 Å². The summed E-state index contributed by atoms with van der Waals surface area (Å²) in [6.45, 7) is 8.10. The summed E-state index contributed by atoms with van der Waals surface area (Å²) in [4.78, 5) is 0. The van der Waals surface area contributed by atoms with Crippen molar-refractivity contribution in [2.75, 3.05) is 6.54 Å². The van der Waals surface area contributed by atoms with Crippen molar-refractivity contribution in [3.63, 3.8) is 0 Å². The van der Waals surface area contributed by atoms with Crippen LogP contribution in [0.25, 0.3) is 0 Å². The van der Waals surface area contributed by atoms with Crippen molar-refractivity contribution in [1.29, 1.82) is 0 Å². The first-order chi connectivity index (χ1) is 9.20. The molecule has 0 radical (unpaired) electrons. The molecule has 2 aromatic rings. The first-order valence-electron chi connectivity index (χ1n) is 6.74. The second-order valence-corrected chi connectivity index (χ2v) is 4.74. The highest BCUT2D eigenvalue weighted by Gasteiger charge is 2.04. The average Bonchev–Trinajstić information content (AvgIpc) is 2.42. The monoisotopic (exact) mass is 255 g/mol. The Balaban J connectivity index is 2.20. The smallest absolute Gasteiger partial charge is 0.131 e. The van der Waals surface area contributed by atoms with Gasteiger partial charge in [0.15, 0.2) is 0 Å². The maximum absolute atomic E-state index is 6.00. The third-order valence-corrected chi connectivity index (χ3v) is 3.24. The highest BCUT2D eigenvalue weighted by molar-refractivity contribution is 5.40. The van der Waals surface area contributed by atoms with Crippen LogP contribution >= 0.6 is 0 Å². The zero-order chi connectivity index (χ0) is 13.7. The predicted molar refractivity (Wildman–Crippen MR) is 79.8 cm³/mol. The Morgan fingerprint density at radius 1 is 1.00 bits per heavy atom. The van der Waals surface area contributed by atoms with E-state index < -0.39 is 0 Å². The Labute approximate surface area is 115 Å². The Bertz CT molecular complexity index is 549. The van der Waals surface area contributed by atoms with E-state index in [2.05, 4.69) is 44.3 Å². The minimum Gasteiger partial charge on any atom is -0.457 e. The van der Waals surface area contributed by atoms with Gasteiger partial charge < -0.3 is 10.1 Å². The number of hydrogen-bond donors (Lipinski definition) is 1. The van der Waals surface area contributed by atoms with Gasteiger partial charge in [-0.05, 0) is 49.7 Å². The van der Waals surface area contributed by atoms with Crippen LogP contribution in [0.4, 0.5) is 0 Å². The van der Waals surface area contributed by atoms with Gasteiger partial charge >= 0.3 is 0 Å². The molecule has 0 atom stereocenters. The average molecular weight is 255 g/mol. The Kier molecular flexibility index (Phi) is 4.58. The largest absolute Gasteiger partial charge is 0.457 e. The molecule has 2 heteroatoms. The van der Waals surface area contributed by atoms with Crippen LogP contribution < -0.4 is 10.1 Å². The summed E-state index contributed by atoms with van der Waals surface area (Å²) in [5.74, 6) is 1.82. The van der Waals surface area contributed by atoms with Gasteiger partial charge in [0.25, 0.3) is 0 Å². The van der Waals surface area contributed by atoms with E-state index in [4.69, 9.17) is 4.74 Å². The van der Waals surface area contributed by atoms with Gasteiger partial charge in [0, 0.05) is 12.1 Å². The number of para-hydroxylation sites is 1. The van der Waals surface area contributed by atoms with Crippen LogP contribution in [0.3, 0.4) is 0 Å². The second-order valence-electron chi connectivity index (χ2n) is 4.74. The van der Waals surface area contributed by atoms with Crippen LogP contribution in [0.15, 0.2) is 42.5 Å². The fourth-order valence-corrected chi connectivity index (χ4v) is 1.91. The van der Waals surface area contributed by atoms with Gasteiger partial charge in [-0.2, -0.15) is 0 Å². The van der Waals surface area contributed by atoms with E-state index in [0.717, 1.165) is 24.6 Å². The standard InChI is InChI=1S/C17H21NO/c1-4-18-12-15-7-5-6-8-17(15)19-16-10-9-13(2)14(3)11-16/h5-11,18H,4,12H2,1-3H3. The molecule has 2 aromatic carbocycles. The van der Waals surface area contributed by atoms with Crippen LogP contribution in [-0.2, 0) is 6.54 Å². The molecule has 2 nitrogen and oxygen atoms in total. The molecule has 0 bridgehead atoms. The van der Waals surface area contributed by atoms with Gasteiger partial charge in [-0.1, -0.05) is 31.2 Å². The molecular formula is C17H21NO. The van der Waals surface area contributed by atoms with Crippen LogP contribution in [0.5, 0.6) is 11.5 Å². The first kappa shape index (κ1) is 13.6. The first-order valence-corrected chi connectivity index (χ1v) is 6.74. The number of rotatable bonds is 5. The topological polar surface area (TPSA) is 21.3 Å². The van der Waals surface area contributed by atoms with E-state index in [1.54, 1.807) is 0 Å². The van der Waals surface area contributed by atoms with Crippen molar-refractivity contribution in [3.05, 3.63) is 59.2 Å². The molecule has 0 unspecified atom stereocenters. The summed E-state index contributed by atoms with van der Waals surface area (Å²) in [5, 5.41) is 3.33. The summed E-state index contributed by atoms with van der Waals surface area (Å²) < 4.78 is 6.00. The molecule has 0 saturated heterocycles. The highest BCUT2D eigenvalue weighted by atomic mass is 16.5. The molecule has 0 saturated carbocycles. The van der Waals surface area contributed by atoms with Crippen LogP contribution in [0.2, 0.25) is 0 Å². The zero-order valence-electron chi connectivity index (χ0n) is 11.9. The van der Waals surface area contributed by atoms with Crippen molar-refractivity contribution in [2.24, 2.45) is 0 Å². The molecule has 0 spiro atoms. The van der Waals surface area contributed by atoms with E-state index in [0.29, 0.717) is 0 Å². The minimum absolute atomic E-state index is 0.831. The molecule has 0 aliphatic rings. The van der Waals surface area contributed by atoms with Crippen molar-refractivity contribution in [1.82, 2.24) is 5.32 Å². The SMILES string of the molecule is CCNCc1ccccc1Oc1ccc(C)c(C)c1. The predicted octanol–water partition coefficient (Wildman–Crippen LogP) is 4.21. The number of ether oxygens (including phenoxy) is 1. The third kappa shape index (κ3) is 3.58. The fourth-order valence-electron chi connectivity index (χ4n) is 1.91. The van der Waals surface area contributed by atoms with E-state index in [9.17, 15) is 0 Å². The molecule has 0 heterocycles. The Morgan fingerprint density at radius 3 is 2.53 bits per heavy atom. The lowest BCUT2D eigenvalue weighted by Crippen LogP contribution is -2.12. The van der Waals surface area contributed by atoms with E-state index in [1.165, 1.54) is 16.7 Å². The molecule has 2 rings (SSSR count). The lowest BCUT2D eigenvalue weighted by atomic mass is 10.1. The van der Waals surface area contributed by atoms with E-state index >= 15 is 0 Å². The van der Waals surface area contributed by atoms with Gasteiger partial charge in [0.2, 0.25) is 0 Å². The van der Waals surface area contributed by atoms with Crippen LogP contribution in [0, 0.1) is 13.8 Å². The van der Waals surface area contributed by atoms with Gasteiger partial charge in [0.1, 0.15) is 11.5 Å². The number of benzene rings is 2. The Morgan fingerprint density at radius 2 is 1.79 bits per heavy atom. The maximum atomic E-state index is 6.00. The van der Waals surface area contributed by atoms with Gasteiger partial charge in [-0.15, -0.1) is 0 Å². The minimum atomic E-state index is 0.831. The Hall–Kier alpha value is -1.80. The molecule has 1 N–H and O–H groups in total. The molecule has 0 fully saturated rings. The molecule has 0 aliphatic heterocycles. The normalized spacial score (nSPS) is 10.5. The van der Waals surface area contributed by atoms with Crippen molar-refractivity contribution in [3.8, 4) is 11.5 Å². The summed E-state index contributed by atoms with van der Waals surface area (Å²) in [6.07, 6.45) is 0. The second kappa shape index (κ2) is 6.39. The van der Waals surface area contributed by atoms with Crippen molar-refractivity contribution in [2.45, 2.75) is 27.3 Å². The molecule has 19 heavy (non-hydrogen) atoms. The maximum Gasteiger partial charge on any atom is 0.131 e. The number of nitrogens with one attached hydrogen (secondary N) is 1. The number of aryl methyl sites for hydroxylation is 2. The number of hydrogen-bond acceptors (Lipinski definition) is 2. The molecule has 0 aliphatic carbocycles. The molecule has 0 aromatic heterocycles. The summed E-state index contributed by atoms with van der Waals surface area (Å²) in [7, 11) is 0. The summed E-state index contributed by atoms with van der Waals surface area (Å²) in [5.41, 5.74) is 3.72. The molecule has 100 valence electrons. The fraction of sp³-hybridized carbons (Fsp3) is 0.294. The van der Waals surface area contributed by atoms with E-state index in [1.807, 2.05) is 24.3 Å². The lowest BCUT2D eigenvalue weighted by molar-refractivity contribution is 0.473. The quantitative estimate of drug-likeness (QED) is 0.864. The third-order valence-electron chi connectivity index (χ3n) is 3.24. The van der Waals surface area contributed by atoms with Gasteiger partial charge in [-0.25, -0.2) is 0 Å². The molecule has 0 amide bonds. The van der Waals surface area contributed by atoms with E-state index in [-0.39, 0.29) is 0 Å². The van der Waals surface area contributed by atoms with Crippen molar-refractivity contribution >= 4 is 0 Å². The van der Waals surface area contributed by atoms with Gasteiger partial charge in [0.05, 0.1) is 0 Å². The highest BCUT2D eigenvalue weighted by Crippen LogP contribution is 2.26. The summed E-state index contributed by atoms with van der Waals surface area (Å²) in [6, 6.07) is 14.4. The van der Waals surface area contributed by atoms with Crippen molar-refractivity contribution < 1.29 is 4.74 Å². The van der Waals surface area contributed by atoms with Gasteiger partial charge in [-0.3, -0.25) is 0 Å². The summed E-state index contributed by atoms with van der Waals surface area (Å²) >= 11 is 0.